The Balaban J connectivity index is 3.39. The second kappa shape index (κ2) is 2.89. The first-order valence-electron chi connectivity index (χ1n) is 2.73. The minimum Gasteiger partial charge on any atom is -0.207 e. The summed E-state index contributed by atoms with van der Waals surface area (Å²) >= 11 is 3.63. The lowest BCUT2D eigenvalue weighted by Gasteiger charge is -1.96. The number of benzene rings is 1. The van der Waals surface area contributed by atoms with Gasteiger partial charge < -0.3 is 0 Å². The van der Waals surface area contributed by atoms with E-state index in [9.17, 15) is 8.78 Å². The standard InChI is InChI=1S/C7H3F2NS/c8-5-1-4(3-10)7(9)6(11)2-5/h1-2,11H. The zero-order valence-electron chi connectivity index (χ0n) is 5.31. The first kappa shape index (κ1) is 8.02. The van der Waals surface area contributed by atoms with E-state index in [1.165, 1.54) is 6.07 Å². The molecule has 0 saturated carbocycles. The summed E-state index contributed by atoms with van der Waals surface area (Å²) in [7, 11) is 0. The van der Waals surface area contributed by atoms with Crippen molar-refractivity contribution in [1.29, 1.82) is 5.26 Å². The van der Waals surface area contributed by atoms with Crippen LogP contribution in [0.25, 0.3) is 0 Å². The highest BCUT2D eigenvalue weighted by molar-refractivity contribution is 7.80. The van der Waals surface area contributed by atoms with Crippen LogP contribution in [0.5, 0.6) is 0 Å². The topological polar surface area (TPSA) is 23.8 Å². The first-order chi connectivity index (χ1) is 5.15. The molecule has 56 valence electrons. The second-order valence-corrected chi connectivity index (χ2v) is 2.38. The van der Waals surface area contributed by atoms with Crippen LogP contribution in [0, 0.1) is 23.0 Å². The van der Waals surface area contributed by atoms with Gasteiger partial charge in [0.2, 0.25) is 0 Å². The maximum Gasteiger partial charge on any atom is 0.154 e. The number of rotatable bonds is 0. The van der Waals surface area contributed by atoms with Gasteiger partial charge in [-0.2, -0.15) is 5.26 Å². The number of hydrogen-bond acceptors (Lipinski definition) is 2. The van der Waals surface area contributed by atoms with E-state index in [0.29, 0.717) is 0 Å². The monoisotopic (exact) mass is 171 g/mol. The third-order valence-electron chi connectivity index (χ3n) is 1.14. The molecule has 0 amide bonds. The smallest absolute Gasteiger partial charge is 0.154 e. The predicted molar refractivity (Wildman–Crippen MR) is 38.3 cm³/mol. The molecule has 0 aliphatic heterocycles. The summed E-state index contributed by atoms with van der Waals surface area (Å²) in [6, 6.07) is 3.26. The Morgan fingerprint density at radius 3 is 2.55 bits per heavy atom. The SMILES string of the molecule is N#Cc1cc(F)cc(S)c1F. The third-order valence-corrected chi connectivity index (χ3v) is 1.46. The summed E-state index contributed by atoms with van der Waals surface area (Å²) in [4.78, 5) is -0.151. The van der Waals surface area contributed by atoms with Crippen molar-refractivity contribution in [1.82, 2.24) is 0 Å². The summed E-state index contributed by atoms with van der Waals surface area (Å²) in [5.74, 6) is -1.44. The summed E-state index contributed by atoms with van der Waals surface area (Å²) in [5, 5.41) is 8.28. The molecule has 1 rings (SSSR count). The van der Waals surface area contributed by atoms with E-state index in [1.807, 2.05) is 0 Å². The molecule has 4 heteroatoms. The molecule has 0 saturated heterocycles. The molecule has 0 spiro atoms. The maximum absolute atomic E-state index is 12.7. The average Bonchev–Trinajstić information content (AvgIpc) is 1.96. The molecular formula is C7H3F2NS. The number of hydrogen-bond donors (Lipinski definition) is 1. The highest BCUT2D eigenvalue weighted by Gasteiger charge is 2.06. The van der Waals surface area contributed by atoms with E-state index in [0.717, 1.165) is 12.1 Å². The van der Waals surface area contributed by atoms with Crippen LogP contribution < -0.4 is 0 Å². The van der Waals surface area contributed by atoms with Crippen LogP contribution in [0.15, 0.2) is 17.0 Å². The first-order valence-corrected chi connectivity index (χ1v) is 3.18. The highest BCUT2D eigenvalue weighted by atomic mass is 32.1. The average molecular weight is 171 g/mol. The number of halogens is 2. The predicted octanol–water partition coefficient (Wildman–Crippen LogP) is 2.13. The van der Waals surface area contributed by atoms with Crippen molar-refractivity contribution in [2.45, 2.75) is 4.90 Å². The Bertz CT molecular complexity index is 330. The third kappa shape index (κ3) is 1.49. The molecule has 0 aliphatic carbocycles. The van der Waals surface area contributed by atoms with Crippen LogP contribution in [0.2, 0.25) is 0 Å². The van der Waals surface area contributed by atoms with Gasteiger partial charge in [-0.1, -0.05) is 0 Å². The van der Waals surface area contributed by atoms with Crippen LogP contribution in [0.4, 0.5) is 8.78 Å². The molecule has 0 aliphatic rings. The van der Waals surface area contributed by atoms with Crippen molar-refractivity contribution in [3.8, 4) is 6.07 Å². The van der Waals surface area contributed by atoms with Crippen molar-refractivity contribution >= 4 is 12.6 Å². The van der Waals surface area contributed by atoms with Gasteiger partial charge in [0.1, 0.15) is 11.9 Å². The van der Waals surface area contributed by atoms with Crippen LogP contribution >= 0.6 is 12.6 Å². The molecule has 0 heterocycles. The van der Waals surface area contributed by atoms with Gasteiger partial charge in [0, 0.05) is 4.90 Å². The zero-order chi connectivity index (χ0) is 8.43. The van der Waals surface area contributed by atoms with Crippen molar-refractivity contribution in [3.05, 3.63) is 29.3 Å². The lowest BCUT2D eigenvalue weighted by molar-refractivity contribution is 0.574. The van der Waals surface area contributed by atoms with Crippen molar-refractivity contribution in [2.24, 2.45) is 0 Å². The zero-order valence-corrected chi connectivity index (χ0v) is 6.20. The van der Waals surface area contributed by atoms with E-state index in [4.69, 9.17) is 5.26 Å². The van der Waals surface area contributed by atoms with Crippen LogP contribution in [0.3, 0.4) is 0 Å². The largest absolute Gasteiger partial charge is 0.207 e. The molecule has 0 atom stereocenters. The minimum atomic E-state index is -0.780. The number of nitrogens with zero attached hydrogens (tertiary/aromatic N) is 1. The fraction of sp³-hybridized carbons (Fsp3) is 0. The van der Waals surface area contributed by atoms with E-state index in [1.54, 1.807) is 0 Å². The fourth-order valence-electron chi connectivity index (χ4n) is 0.656. The molecule has 0 bridgehead atoms. The molecule has 1 nitrogen and oxygen atoms in total. The van der Waals surface area contributed by atoms with E-state index in [-0.39, 0.29) is 10.5 Å². The Hall–Kier alpha value is -1.08. The van der Waals surface area contributed by atoms with Crippen molar-refractivity contribution < 1.29 is 8.78 Å². The molecule has 0 fully saturated rings. The fourth-order valence-corrected chi connectivity index (χ4v) is 0.900. The molecule has 0 unspecified atom stereocenters. The minimum absolute atomic E-state index is 0.151. The quantitative estimate of drug-likeness (QED) is 0.594. The Labute approximate surface area is 67.7 Å². The van der Waals surface area contributed by atoms with Crippen molar-refractivity contribution in [2.75, 3.05) is 0 Å². The van der Waals surface area contributed by atoms with Crippen LogP contribution in [-0.4, -0.2) is 0 Å². The lowest BCUT2D eigenvalue weighted by atomic mass is 10.2. The van der Waals surface area contributed by atoms with E-state index in [2.05, 4.69) is 12.6 Å². The van der Waals surface area contributed by atoms with Gasteiger partial charge in [0.25, 0.3) is 0 Å². The number of thiol groups is 1. The van der Waals surface area contributed by atoms with Gasteiger partial charge in [-0.3, -0.25) is 0 Å². The van der Waals surface area contributed by atoms with Gasteiger partial charge in [-0.05, 0) is 12.1 Å². The Kier molecular flexibility index (Phi) is 2.11. The van der Waals surface area contributed by atoms with Crippen LogP contribution in [-0.2, 0) is 0 Å². The number of nitriles is 1. The molecular weight excluding hydrogens is 168 g/mol. The Morgan fingerprint density at radius 1 is 1.36 bits per heavy atom. The van der Waals surface area contributed by atoms with Crippen LogP contribution in [0.1, 0.15) is 5.56 Å². The normalized spacial score (nSPS) is 9.27. The lowest BCUT2D eigenvalue weighted by Crippen LogP contribution is -1.87. The molecule has 0 radical (unpaired) electrons. The maximum atomic E-state index is 12.7. The second-order valence-electron chi connectivity index (χ2n) is 1.90. The molecule has 0 N–H and O–H groups in total. The summed E-state index contributed by atoms with van der Waals surface area (Å²) in [6.45, 7) is 0. The summed E-state index contributed by atoms with van der Waals surface area (Å²) in [5.41, 5.74) is -0.324. The molecule has 1 aromatic rings. The van der Waals surface area contributed by atoms with E-state index >= 15 is 0 Å². The summed E-state index contributed by atoms with van der Waals surface area (Å²) < 4.78 is 25.1. The highest BCUT2D eigenvalue weighted by Crippen LogP contribution is 2.17. The Morgan fingerprint density at radius 2 is 2.00 bits per heavy atom. The van der Waals surface area contributed by atoms with E-state index < -0.39 is 11.6 Å². The van der Waals surface area contributed by atoms with Gasteiger partial charge in [-0.25, -0.2) is 8.78 Å². The molecule has 1 aromatic carbocycles. The van der Waals surface area contributed by atoms with Gasteiger partial charge >= 0.3 is 0 Å². The summed E-state index contributed by atoms with van der Waals surface area (Å²) in [6.07, 6.45) is 0. The van der Waals surface area contributed by atoms with Crippen molar-refractivity contribution in [3.63, 3.8) is 0 Å². The molecule has 0 aromatic heterocycles. The molecule has 11 heavy (non-hydrogen) atoms. The van der Waals surface area contributed by atoms with Gasteiger partial charge in [0.05, 0.1) is 5.56 Å². The van der Waals surface area contributed by atoms with Gasteiger partial charge in [-0.15, -0.1) is 12.6 Å². The van der Waals surface area contributed by atoms with Gasteiger partial charge in [0.15, 0.2) is 5.82 Å².